The van der Waals surface area contributed by atoms with Crippen LogP contribution < -0.4 is 5.32 Å². The van der Waals surface area contributed by atoms with Crippen molar-refractivity contribution in [1.82, 2.24) is 19.9 Å². The fourth-order valence-electron chi connectivity index (χ4n) is 3.90. The largest absolute Gasteiger partial charge is 0.348 e. The van der Waals surface area contributed by atoms with Gasteiger partial charge in [0.15, 0.2) is 0 Å². The molecule has 0 radical (unpaired) electrons. The molecule has 2 aromatic heterocycles. The van der Waals surface area contributed by atoms with E-state index in [2.05, 4.69) is 83.2 Å². The summed E-state index contributed by atoms with van der Waals surface area (Å²) in [6.07, 6.45) is 3.00. The Morgan fingerprint density at radius 3 is 2.66 bits per heavy atom. The minimum absolute atomic E-state index is 0.159. The molecule has 0 aliphatic rings. The standard InChI is InChI=1S/C24H24N4O/c1-15-7-5-6-8-19(15)23-16(2)20-11-18(9-10-22(20)28(23)4)12-26-24(29)21-13-25-14-27-17(21)3/h5-11,13-14H,12H2,1-4H3,(H,26,29). The van der Waals surface area contributed by atoms with E-state index in [0.717, 1.165) is 5.56 Å². The first-order valence-electron chi connectivity index (χ1n) is 9.66. The normalized spacial score (nSPS) is 11.0. The number of fused-ring (bicyclic) bond motifs is 1. The second-order valence-corrected chi connectivity index (χ2v) is 7.40. The first-order chi connectivity index (χ1) is 14.0. The van der Waals surface area contributed by atoms with E-state index in [9.17, 15) is 4.79 Å². The summed E-state index contributed by atoms with van der Waals surface area (Å²) >= 11 is 0. The van der Waals surface area contributed by atoms with Gasteiger partial charge in [-0.1, -0.05) is 30.3 Å². The van der Waals surface area contributed by atoms with Gasteiger partial charge in [-0.05, 0) is 49.6 Å². The molecule has 0 unspecified atom stereocenters. The van der Waals surface area contributed by atoms with E-state index in [1.165, 1.54) is 39.6 Å². The zero-order valence-corrected chi connectivity index (χ0v) is 17.2. The molecule has 0 aliphatic carbocycles. The number of benzene rings is 2. The molecule has 0 atom stereocenters. The summed E-state index contributed by atoms with van der Waals surface area (Å²) in [5.41, 5.74) is 8.41. The van der Waals surface area contributed by atoms with E-state index in [4.69, 9.17) is 0 Å². The molecule has 5 nitrogen and oxygen atoms in total. The van der Waals surface area contributed by atoms with Crippen molar-refractivity contribution in [3.63, 3.8) is 0 Å². The van der Waals surface area contributed by atoms with Crippen LogP contribution in [0.3, 0.4) is 0 Å². The molecular formula is C24H24N4O. The van der Waals surface area contributed by atoms with Crippen LogP contribution in [-0.4, -0.2) is 20.4 Å². The Morgan fingerprint density at radius 2 is 1.90 bits per heavy atom. The van der Waals surface area contributed by atoms with E-state index >= 15 is 0 Å². The van der Waals surface area contributed by atoms with Crippen LogP contribution in [0.2, 0.25) is 0 Å². The van der Waals surface area contributed by atoms with Crippen LogP contribution in [0.1, 0.15) is 32.7 Å². The molecule has 146 valence electrons. The number of hydrogen-bond donors (Lipinski definition) is 1. The summed E-state index contributed by atoms with van der Waals surface area (Å²) in [6, 6.07) is 14.8. The van der Waals surface area contributed by atoms with E-state index in [1.54, 1.807) is 6.20 Å². The molecule has 2 heterocycles. The van der Waals surface area contributed by atoms with Crippen molar-refractivity contribution in [3.05, 3.63) is 82.9 Å². The summed E-state index contributed by atoms with van der Waals surface area (Å²) in [5, 5.41) is 4.18. The quantitative estimate of drug-likeness (QED) is 0.564. The van der Waals surface area contributed by atoms with Gasteiger partial charge in [0.1, 0.15) is 6.33 Å². The Bertz CT molecular complexity index is 1220. The summed E-state index contributed by atoms with van der Waals surface area (Å²) < 4.78 is 2.25. The van der Waals surface area contributed by atoms with Crippen molar-refractivity contribution in [3.8, 4) is 11.3 Å². The van der Waals surface area contributed by atoms with E-state index < -0.39 is 0 Å². The Kier molecular flexibility index (Phi) is 4.89. The van der Waals surface area contributed by atoms with Gasteiger partial charge in [-0.2, -0.15) is 0 Å². The van der Waals surface area contributed by atoms with Gasteiger partial charge in [0.25, 0.3) is 5.91 Å². The molecule has 5 heteroatoms. The van der Waals surface area contributed by atoms with Crippen molar-refractivity contribution in [2.24, 2.45) is 7.05 Å². The summed E-state index contributed by atoms with van der Waals surface area (Å²) in [6.45, 7) is 6.57. The third-order valence-electron chi connectivity index (χ3n) is 5.53. The van der Waals surface area contributed by atoms with Gasteiger partial charge < -0.3 is 9.88 Å². The van der Waals surface area contributed by atoms with Crippen LogP contribution in [0.4, 0.5) is 0 Å². The average Bonchev–Trinajstić information content (AvgIpc) is 2.97. The van der Waals surface area contributed by atoms with Gasteiger partial charge in [-0.15, -0.1) is 0 Å². The van der Waals surface area contributed by atoms with Gasteiger partial charge in [-0.3, -0.25) is 4.79 Å². The number of carbonyl (C=O) groups is 1. The van der Waals surface area contributed by atoms with Crippen molar-refractivity contribution < 1.29 is 4.79 Å². The fraction of sp³-hybridized carbons (Fsp3) is 0.208. The molecule has 0 fully saturated rings. The van der Waals surface area contributed by atoms with E-state index in [1.807, 2.05) is 6.92 Å². The maximum atomic E-state index is 12.5. The van der Waals surface area contributed by atoms with Crippen molar-refractivity contribution in [2.75, 3.05) is 0 Å². The highest BCUT2D eigenvalue weighted by molar-refractivity contribution is 5.95. The predicted molar refractivity (Wildman–Crippen MR) is 116 cm³/mol. The number of aryl methyl sites for hydroxylation is 4. The number of nitrogens with one attached hydrogen (secondary N) is 1. The minimum Gasteiger partial charge on any atom is -0.348 e. The molecule has 0 aliphatic heterocycles. The van der Waals surface area contributed by atoms with Gasteiger partial charge in [0.05, 0.1) is 17.0 Å². The number of carbonyl (C=O) groups excluding carboxylic acids is 1. The first kappa shape index (κ1) is 18.9. The molecule has 0 saturated carbocycles. The van der Waals surface area contributed by atoms with Crippen LogP contribution in [0.15, 0.2) is 55.0 Å². The Hall–Kier alpha value is -3.47. The Labute approximate surface area is 170 Å². The molecule has 0 bridgehead atoms. The number of rotatable bonds is 4. The number of hydrogen-bond acceptors (Lipinski definition) is 3. The van der Waals surface area contributed by atoms with Crippen LogP contribution in [0.5, 0.6) is 0 Å². The smallest absolute Gasteiger partial charge is 0.254 e. The number of nitrogens with zero attached hydrogens (tertiary/aromatic N) is 3. The molecule has 1 N–H and O–H groups in total. The fourth-order valence-corrected chi connectivity index (χ4v) is 3.90. The third kappa shape index (κ3) is 3.40. The highest BCUT2D eigenvalue weighted by Crippen LogP contribution is 2.34. The van der Waals surface area contributed by atoms with Crippen LogP contribution in [0.25, 0.3) is 22.2 Å². The van der Waals surface area contributed by atoms with E-state index in [0.29, 0.717) is 17.8 Å². The van der Waals surface area contributed by atoms with Crippen LogP contribution in [-0.2, 0) is 13.6 Å². The molecule has 0 spiro atoms. The second kappa shape index (κ2) is 7.51. The van der Waals surface area contributed by atoms with Crippen molar-refractivity contribution >= 4 is 16.8 Å². The molecule has 4 aromatic rings. The van der Waals surface area contributed by atoms with Crippen LogP contribution >= 0.6 is 0 Å². The molecular weight excluding hydrogens is 360 g/mol. The first-order valence-corrected chi connectivity index (χ1v) is 9.66. The maximum absolute atomic E-state index is 12.5. The minimum atomic E-state index is -0.159. The molecule has 29 heavy (non-hydrogen) atoms. The molecule has 2 aromatic carbocycles. The zero-order valence-electron chi connectivity index (χ0n) is 17.2. The molecule has 1 amide bonds. The Balaban J connectivity index is 1.65. The highest BCUT2D eigenvalue weighted by Gasteiger charge is 2.16. The summed E-state index contributed by atoms with van der Waals surface area (Å²) in [5.74, 6) is -0.159. The third-order valence-corrected chi connectivity index (χ3v) is 5.53. The summed E-state index contributed by atoms with van der Waals surface area (Å²) in [4.78, 5) is 20.5. The lowest BCUT2D eigenvalue weighted by Gasteiger charge is -2.09. The predicted octanol–water partition coefficient (Wildman–Crippen LogP) is 4.49. The van der Waals surface area contributed by atoms with Gasteiger partial charge >= 0.3 is 0 Å². The average molecular weight is 384 g/mol. The Morgan fingerprint density at radius 1 is 1.10 bits per heavy atom. The number of amides is 1. The van der Waals surface area contributed by atoms with Crippen LogP contribution in [0, 0.1) is 20.8 Å². The van der Waals surface area contributed by atoms with Gasteiger partial charge in [0.2, 0.25) is 0 Å². The van der Waals surface area contributed by atoms with E-state index in [-0.39, 0.29) is 5.91 Å². The highest BCUT2D eigenvalue weighted by atomic mass is 16.1. The van der Waals surface area contributed by atoms with Crippen molar-refractivity contribution in [1.29, 1.82) is 0 Å². The lowest BCUT2D eigenvalue weighted by molar-refractivity contribution is 0.0949. The SMILES string of the molecule is Cc1ccccc1-c1c(C)c2cc(CNC(=O)c3cncnc3C)ccc2n1C. The maximum Gasteiger partial charge on any atom is 0.254 e. The number of aromatic nitrogens is 3. The summed E-state index contributed by atoms with van der Waals surface area (Å²) in [7, 11) is 2.11. The topological polar surface area (TPSA) is 59.8 Å². The lowest BCUT2D eigenvalue weighted by atomic mass is 10.0. The van der Waals surface area contributed by atoms with Gasteiger partial charge in [0, 0.05) is 36.3 Å². The van der Waals surface area contributed by atoms with Gasteiger partial charge in [-0.25, -0.2) is 9.97 Å². The second-order valence-electron chi connectivity index (χ2n) is 7.40. The molecule has 4 rings (SSSR count). The monoisotopic (exact) mass is 384 g/mol. The zero-order chi connectivity index (χ0) is 20.5. The molecule has 0 saturated heterocycles. The van der Waals surface area contributed by atoms with Crippen molar-refractivity contribution in [2.45, 2.75) is 27.3 Å². The lowest BCUT2D eigenvalue weighted by Crippen LogP contribution is -2.24.